The average Bonchev–Trinajstić information content (AvgIpc) is 2.37. The van der Waals surface area contributed by atoms with Crippen LogP contribution in [0.3, 0.4) is 0 Å². The molecule has 3 N–H and O–H groups in total. The van der Waals surface area contributed by atoms with Gasteiger partial charge < -0.3 is 15.6 Å². The van der Waals surface area contributed by atoms with E-state index in [-0.39, 0.29) is 6.61 Å². The lowest BCUT2D eigenvalue weighted by Crippen LogP contribution is -2.39. The van der Waals surface area contributed by atoms with Gasteiger partial charge in [0, 0.05) is 5.54 Å². The highest BCUT2D eigenvalue weighted by molar-refractivity contribution is 5.44. The first-order valence-electron chi connectivity index (χ1n) is 6.97. The predicted molar refractivity (Wildman–Crippen MR) is 79.7 cm³/mol. The minimum Gasteiger partial charge on any atom is -0.493 e. The molecule has 0 aromatic heterocycles. The van der Waals surface area contributed by atoms with E-state index >= 15 is 0 Å². The molecule has 0 aliphatic heterocycles. The van der Waals surface area contributed by atoms with Gasteiger partial charge in [-0.2, -0.15) is 0 Å². The molecule has 108 valence electrons. The molecule has 0 aliphatic rings. The van der Waals surface area contributed by atoms with Gasteiger partial charge in [0.15, 0.2) is 0 Å². The number of unbranched alkanes of at least 4 members (excludes halogenated alkanes) is 1. The van der Waals surface area contributed by atoms with Crippen molar-refractivity contribution in [3.05, 3.63) is 28.8 Å². The summed E-state index contributed by atoms with van der Waals surface area (Å²) in [5.41, 5.74) is 9.09. The molecule has 0 saturated heterocycles. The molecule has 0 amide bonds. The standard InChI is InChI=1S/C16H27NO2/c1-12-7-8-13(2)15(14(12)3)19-10-6-5-9-16(4,17)11-18/h7-8,18H,5-6,9-11,17H2,1-4H3. The Morgan fingerprint density at radius 2 is 1.79 bits per heavy atom. The Kier molecular flexibility index (Phi) is 5.83. The van der Waals surface area contributed by atoms with Crippen LogP contribution in [0.1, 0.15) is 42.9 Å². The number of hydrogen-bond acceptors (Lipinski definition) is 3. The Hall–Kier alpha value is -1.06. The number of hydrogen-bond donors (Lipinski definition) is 2. The van der Waals surface area contributed by atoms with Crippen LogP contribution in [-0.2, 0) is 0 Å². The minimum atomic E-state index is -0.463. The topological polar surface area (TPSA) is 55.5 Å². The number of rotatable bonds is 7. The van der Waals surface area contributed by atoms with Crippen molar-refractivity contribution >= 4 is 0 Å². The van der Waals surface area contributed by atoms with Gasteiger partial charge >= 0.3 is 0 Å². The Bertz CT molecular complexity index is 413. The first-order valence-corrected chi connectivity index (χ1v) is 6.97. The lowest BCUT2D eigenvalue weighted by Gasteiger charge is -2.21. The highest BCUT2D eigenvalue weighted by Crippen LogP contribution is 2.26. The normalized spacial score (nSPS) is 14.2. The fraction of sp³-hybridized carbons (Fsp3) is 0.625. The summed E-state index contributed by atoms with van der Waals surface area (Å²) < 4.78 is 5.89. The van der Waals surface area contributed by atoms with E-state index in [0.717, 1.165) is 25.0 Å². The molecule has 0 fully saturated rings. The number of aliphatic hydroxyl groups is 1. The summed E-state index contributed by atoms with van der Waals surface area (Å²) in [7, 11) is 0. The van der Waals surface area contributed by atoms with Gasteiger partial charge in [-0.3, -0.25) is 0 Å². The van der Waals surface area contributed by atoms with E-state index in [1.54, 1.807) is 0 Å². The third-order valence-corrected chi connectivity index (χ3v) is 3.62. The van der Waals surface area contributed by atoms with Crippen LogP contribution in [0.4, 0.5) is 0 Å². The highest BCUT2D eigenvalue weighted by Gasteiger charge is 2.15. The maximum absolute atomic E-state index is 9.08. The Morgan fingerprint density at radius 3 is 2.42 bits per heavy atom. The third kappa shape index (κ3) is 4.84. The van der Waals surface area contributed by atoms with Gasteiger partial charge in [-0.15, -0.1) is 0 Å². The average molecular weight is 265 g/mol. The molecule has 3 nitrogen and oxygen atoms in total. The van der Waals surface area contributed by atoms with Gasteiger partial charge in [-0.1, -0.05) is 12.1 Å². The van der Waals surface area contributed by atoms with E-state index in [2.05, 4.69) is 32.9 Å². The second kappa shape index (κ2) is 6.92. The van der Waals surface area contributed by atoms with Crippen molar-refractivity contribution < 1.29 is 9.84 Å². The van der Waals surface area contributed by atoms with E-state index < -0.39 is 5.54 Å². The molecule has 3 heteroatoms. The smallest absolute Gasteiger partial charge is 0.125 e. The maximum atomic E-state index is 9.08. The van der Waals surface area contributed by atoms with Crippen molar-refractivity contribution in [3.63, 3.8) is 0 Å². The van der Waals surface area contributed by atoms with E-state index in [1.807, 2.05) is 6.92 Å². The first kappa shape index (κ1) is 16.0. The summed E-state index contributed by atoms with van der Waals surface area (Å²) >= 11 is 0. The summed E-state index contributed by atoms with van der Waals surface area (Å²) in [6, 6.07) is 4.22. The number of aryl methyl sites for hydroxylation is 2. The van der Waals surface area contributed by atoms with Crippen molar-refractivity contribution in [3.8, 4) is 5.75 Å². The molecule has 0 spiro atoms. The molecule has 1 aromatic rings. The second-order valence-electron chi connectivity index (χ2n) is 5.77. The summed E-state index contributed by atoms with van der Waals surface area (Å²) in [6.07, 6.45) is 2.75. The first-order chi connectivity index (χ1) is 8.87. The summed E-state index contributed by atoms with van der Waals surface area (Å²) in [6.45, 7) is 8.88. The van der Waals surface area contributed by atoms with Gasteiger partial charge in [0.25, 0.3) is 0 Å². The van der Waals surface area contributed by atoms with Crippen molar-refractivity contribution in [1.29, 1.82) is 0 Å². The molecule has 19 heavy (non-hydrogen) atoms. The molecule has 0 radical (unpaired) electrons. The molecule has 0 bridgehead atoms. The van der Waals surface area contributed by atoms with Crippen LogP contribution in [-0.4, -0.2) is 23.9 Å². The van der Waals surface area contributed by atoms with Crippen LogP contribution in [0.5, 0.6) is 5.75 Å². The van der Waals surface area contributed by atoms with E-state index in [1.165, 1.54) is 16.7 Å². The number of aliphatic hydroxyl groups excluding tert-OH is 1. The van der Waals surface area contributed by atoms with Crippen LogP contribution < -0.4 is 10.5 Å². The molecule has 1 unspecified atom stereocenters. The van der Waals surface area contributed by atoms with Crippen LogP contribution in [0.25, 0.3) is 0 Å². The highest BCUT2D eigenvalue weighted by atomic mass is 16.5. The molecule has 0 saturated carbocycles. The fourth-order valence-corrected chi connectivity index (χ4v) is 2.03. The zero-order valence-electron chi connectivity index (χ0n) is 12.6. The summed E-state index contributed by atoms with van der Waals surface area (Å²) in [5, 5.41) is 9.08. The Balaban J connectivity index is 2.40. The quantitative estimate of drug-likeness (QED) is 0.745. The molecule has 0 aliphatic carbocycles. The number of ether oxygens (including phenoxy) is 1. The van der Waals surface area contributed by atoms with Crippen LogP contribution in [0.15, 0.2) is 12.1 Å². The van der Waals surface area contributed by atoms with Gasteiger partial charge in [0.1, 0.15) is 5.75 Å². The zero-order chi connectivity index (χ0) is 14.5. The van der Waals surface area contributed by atoms with Crippen molar-refractivity contribution in [1.82, 2.24) is 0 Å². The van der Waals surface area contributed by atoms with E-state index in [4.69, 9.17) is 15.6 Å². The van der Waals surface area contributed by atoms with Gasteiger partial charge in [-0.05, 0) is 63.6 Å². The monoisotopic (exact) mass is 265 g/mol. The van der Waals surface area contributed by atoms with Crippen molar-refractivity contribution in [2.75, 3.05) is 13.2 Å². The van der Waals surface area contributed by atoms with Gasteiger partial charge in [0.05, 0.1) is 13.2 Å². The van der Waals surface area contributed by atoms with Crippen molar-refractivity contribution in [2.24, 2.45) is 5.73 Å². The molecule has 1 atom stereocenters. The third-order valence-electron chi connectivity index (χ3n) is 3.62. The lowest BCUT2D eigenvalue weighted by atomic mass is 9.97. The molecule has 1 rings (SSSR count). The second-order valence-corrected chi connectivity index (χ2v) is 5.77. The van der Waals surface area contributed by atoms with Crippen LogP contribution in [0.2, 0.25) is 0 Å². The molecule has 0 heterocycles. The van der Waals surface area contributed by atoms with Crippen molar-refractivity contribution in [2.45, 2.75) is 52.5 Å². The summed E-state index contributed by atoms with van der Waals surface area (Å²) in [4.78, 5) is 0. The van der Waals surface area contributed by atoms with Gasteiger partial charge in [-0.25, -0.2) is 0 Å². The molecule has 1 aromatic carbocycles. The largest absolute Gasteiger partial charge is 0.493 e. The number of benzene rings is 1. The summed E-state index contributed by atoms with van der Waals surface area (Å²) in [5.74, 6) is 1.01. The van der Waals surface area contributed by atoms with Gasteiger partial charge in [0.2, 0.25) is 0 Å². The minimum absolute atomic E-state index is 0.0317. The molecular weight excluding hydrogens is 238 g/mol. The van der Waals surface area contributed by atoms with E-state index in [9.17, 15) is 0 Å². The zero-order valence-corrected chi connectivity index (χ0v) is 12.6. The fourth-order valence-electron chi connectivity index (χ4n) is 2.03. The van der Waals surface area contributed by atoms with E-state index in [0.29, 0.717) is 6.61 Å². The maximum Gasteiger partial charge on any atom is 0.125 e. The number of nitrogens with two attached hydrogens (primary N) is 1. The SMILES string of the molecule is Cc1ccc(C)c(OCCCCC(C)(N)CO)c1C. The Labute approximate surface area is 116 Å². The Morgan fingerprint density at radius 1 is 1.16 bits per heavy atom. The van der Waals surface area contributed by atoms with Crippen LogP contribution in [0, 0.1) is 20.8 Å². The predicted octanol–water partition coefficient (Wildman–Crippen LogP) is 2.87. The van der Waals surface area contributed by atoms with Crippen LogP contribution >= 0.6 is 0 Å². The lowest BCUT2D eigenvalue weighted by molar-refractivity contribution is 0.194. The molecular formula is C16H27NO2.